The standard InChI is InChI=1S/C15H21N3/c1-3-15-16-13-9-11-5-7-18(4-2)8-6-12(11)10-14(13)17-15/h9-10H,3-8H2,1-2H3,(H,16,17). The van der Waals surface area contributed by atoms with E-state index in [2.05, 4.69) is 40.8 Å². The summed E-state index contributed by atoms with van der Waals surface area (Å²) >= 11 is 0. The molecule has 0 bridgehead atoms. The monoisotopic (exact) mass is 243 g/mol. The summed E-state index contributed by atoms with van der Waals surface area (Å²) in [5.41, 5.74) is 5.34. The van der Waals surface area contributed by atoms with E-state index in [4.69, 9.17) is 0 Å². The fourth-order valence-electron chi connectivity index (χ4n) is 2.82. The molecule has 0 saturated carbocycles. The van der Waals surface area contributed by atoms with Crippen LogP contribution in [0, 0.1) is 0 Å². The normalized spacial score (nSPS) is 16.8. The van der Waals surface area contributed by atoms with E-state index in [0.29, 0.717) is 0 Å². The molecule has 1 aliphatic rings. The van der Waals surface area contributed by atoms with Crippen molar-refractivity contribution in [3.63, 3.8) is 0 Å². The highest BCUT2D eigenvalue weighted by molar-refractivity contribution is 5.77. The Hall–Kier alpha value is -1.35. The molecule has 2 aromatic rings. The number of rotatable bonds is 2. The van der Waals surface area contributed by atoms with Gasteiger partial charge < -0.3 is 9.88 Å². The summed E-state index contributed by atoms with van der Waals surface area (Å²) in [6, 6.07) is 4.61. The molecule has 3 nitrogen and oxygen atoms in total. The van der Waals surface area contributed by atoms with Gasteiger partial charge >= 0.3 is 0 Å². The van der Waals surface area contributed by atoms with Gasteiger partial charge in [-0.2, -0.15) is 0 Å². The summed E-state index contributed by atoms with van der Waals surface area (Å²) in [4.78, 5) is 10.6. The van der Waals surface area contributed by atoms with Gasteiger partial charge in [0.2, 0.25) is 0 Å². The molecule has 3 heteroatoms. The number of imidazole rings is 1. The predicted octanol–water partition coefficient (Wildman–Crippen LogP) is 2.55. The number of aromatic amines is 1. The van der Waals surface area contributed by atoms with Gasteiger partial charge in [0.25, 0.3) is 0 Å². The average molecular weight is 243 g/mol. The van der Waals surface area contributed by atoms with Crippen molar-refractivity contribution >= 4 is 11.0 Å². The lowest BCUT2D eigenvalue weighted by Crippen LogP contribution is -2.25. The first kappa shape index (κ1) is 11.7. The second kappa shape index (κ2) is 4.73. The zero-order valence-electron chi connectivity index (χ0n) is 11.3. The SMILES string of the molecule is CCc1nc2cc3c(cc2[nH]1)CCN(CC)CC3. The van der Waals surface area contributed by atoms with E-state index < -0.39 is 0 Å². The molecule has 3 rings (SSSR count). The number of hydrogen-bond acceptors (Lipinski definition) is 2. The van der Waals surface area contributed by atoms with E-state index in [1.807, 2.05) is 0 Å². The molecule has 2 heterocycles. The largest absolute Gasteiger partial charge is 0.342 e. The minimum atomic E-state index is 0.975. The van der Waals surface area contributed by atoms with E-state index in [1.54, 1.807) is 0 Å². The van der Waals surface area contributed by atoms with Crippen molar-refractivity contribution < 1.29 is 0 Å². The predicted molar refractivity (Wildman–Crippen MR) is 75.0 cm³/mol. The van der Waals surface area contributed by atoms with E-state index in [0.717, 1.165) is 30.7 Å². The Kier molecular flexibility index (Phi) is 3.08. The van der Waals surface area contributed by atoms with Gasteiger partial charge in [0.15, 0.2) is 0 Å². The van der Waals surface area contributed by atoms with Crippen LogP contribution in [-0.4, -0.2) is 34.5 Å². The molecule has 0 spiro atoms. The molecule has 18 heavy (non-hydrogen) atoms. The Balaban J connectivity index is 1.99. The van der Waals surface area contributed by atoms with Crippen molar-refractivity contribution in [1.82, 2.24) is 14.9 Å². The zero-order chi connectivity index (χ0) is 12.5. The van der Waals surface area contributed by atoms with E-state index in [9.17, 15) is 0 Å². The van der Waals surface area contributed by atoms with Gasteiger partial charge in [0, 0.05) is 19.5 Å². The molecule has 0 radical (unpaired) electrons. The number of hydrogen-bond donors (Lipinski definition) is 1. The molecule has 0 fully saturated rings. The molecule has 96 valence electrons. The second-order valence-corrected chi connectivity index (χ2v) is 5.11. The lowest BCUT2D eigenvalue weighted by atomic mass is 10.0. The first-order chi connectivity index (χ1) is 8.80. The van der Waals surface area contributed by atoms with Crippen LogP contribution < -0.4 is 0 Å². The van der Waals surface area contributed by atoms with Gasteiger partial charge in [0.05, 0.1) is 11.0 Å². The van der Waals surface area contributed by atoms with Gasteiger partial charge in [-0.15, -0.1) is 0 Å². The highest BCUT2D eigenvalue weighted by atomic mass is 15.1. The Morgan fingerprint density at radius 2 is 1.89 bits per heavy atom. The van der Waals surface area contributed by atoms with Crippen molar-refractivity contribution in [3.05, 3.63) is 29.1 Å². The number of benzene rings is 1. The van der Waals surface area contributed by atoms with Crippen LogP contribution in [0.15, 0.2) is 12.1 Å². The third kappa shape index (κ3) is 2.03. The van der Waals surface area contributed by atoms with Crippen LogP contribution in [0.4, 0.5) is 0 Å². The Morgan fingerprint density at radius 3 is 2.56 bits per heavy atom. The fraction of sp³-hybridized carbons (Fsp3) is 0.533. The van der Waals surface area contributed by atoms with Crippen molar-refractivity contribution in [2.75, 3.05) is 19.6 Å². The van der Waals surface area contributed by atoms with Crippen molar-refractivity contribution in [2.45, 2.75) is 33.1 Å². The van der Waals surface area contributed by atoms with Gasteiger partial charge in [-0.3, -0.25) is 0 Å². The van der Waals surface area contributed by atoms with Gasteiger partial charge in [-0.1, -0.05) is 13.8 Å². The van der Waals surface area contributed by atoms with E-state index in [-0.39, 0.29) is 0 Å². The zero-order valence-corrected chi connectivity index (χ0v) is 11.3. The quantitative estimate of drug-likeness (QED) is 0.879. The number of nitrogens with zero attached hydrogens (tertiary/aromatic N) is 2. The van der Waals surface area contributed by atoms with Crippen molar-refractivity contribution in [1.29, 1.82) is 0 Å². The lowest BCUT2D eigenvalue weighted by Gasteiger charge is -2.16. The molecular formula is C15H21N3. The maximum atomic E-state index is 4.64. The van der Waals surface area contributed by atoms with Gasteiger partial charge in [0.1, 0.15) is 5.82 Å². The first-order valence-corrected chi connectivity index (χ1v) is 7.03. The van der Waals surface area contributed by atoms with Crippen molar-refractivity contribution in [3.8, 4) is 0 Å². The third-order valence-corrected chi connectivity index (χ3v) is 4.03. The van der Waals surface area contributed by atoms with Crippen molar-refractivity contribution in [2.24, 2.45) is 0 Å². The van der Waals surface area contributed by atoms with Crippen LogP contribution in [0.1, 0.15) is 30.8 Å². The molecule has 1 aliphatic heterocycles. The van der Waals surface area contributed by atoms with Gasteiger partial charge in [-0.25, -0.2) is 4.98 Å². The number of likely N-dealkylation sites (N-methyl/N-ethyl adjacent to an activating group) is 1. The Labute approximate surface area is 108 Å². The highest BCUT2D eigenvalue weighted by Gasteiger charge is 2.14. The van der Waals surface area contributed by atoms with Crippen LogP contribution >= 0.6 is 0 Å². The summed E-state index contributed by atoms with van der Waals surface area (Å²) in [7, 11) is 0. The topological polar surface area (TPSA) is 31.9 Å². The summed E-state index contributed by atoms with van der Waals surface area (Å²) < 4.78 is 0. The Morgan fingerprint density at radius 1 is 1.17 bits per heavy atom. The fourth-order valence-corrected chi connectivity index (χ4v) is 2.82. The maximum Gasteiger partial charge on any atom is 0.106 e. The molecule has 1 aromatic heterocycles. The molecule has 0 unspecified atom stereocenters. The number of aromatic nitrogens is 2. The third-order valence-electron chi connectivity index (χ3n) is 4.03. The summed E-state index contributed by atoms with van der Waals surface area (Å²) in [5, 5.41) is 0. The minimum absolute atomic E-state index is 0.975. The van der Waals surface area contributed by atoms with Crippen LogP contribution in [0.5, 0.6) is 0 Å². The minimum Gasteiger partial charge on any atom is -0.342 e. The average Bonchev–Trinajstić information content (AvgIpc) is 2.69. The van der Waals surface area contributed by atoms with Crippen LogP contribution in [0.3, 0.4) is 0 Å². The summed E-state index contributed by atoms with van der Waals surface area (Å²) in [6.45, 7) is 7.91. The molecule has 1 aromatic carbocycles. The van der Waals surface area contributed by atoms with Gasteiger partial charge in [-0.05, 0) is 42.6 Å². The molecule has 0 saturated heterocycles. The molecule has 0 amide bonds. The second-order valence-electron chi connectivity index (χ2n) is 5.11. The summed E-state index contributed by atoms with van der Waals surface area (Å²) in [6.07, 6.45) is 3.30. The number of fused-ring (bicyclic) bond motifs is 2. The summed E-state index contributed by atoms with van der Waals surface area (Å²) in [5.74, 6) is 1.10. The molecular weight excluding hydrogens is 222 g/mol. The number of nitrogens with one attached hydrogen (secondary N) is 1. The van der Waals surface area contributed by atoms with E-state index >= 15 is 0 Å². The molecule has 1 N–H and O–H groups in total. The lowest BCUT2D eigenvalue weighted by molar-refractivity contribution is 0.303. The first-order valence-electron chi connectivity index (χ1n) is 7.03. The van der Waals surface area contributed by atoms with Crippen LogP contribution in [-0.2, 0) is 19.3 Å². The molecule has 0 atom stereocenters. The highest BCUT2D eigenvalue weighted by Crippen LogP contribution is 2.22. The number of aryl methyl sites for hydroxylation is 1. The Bertz CT molecular complexity index is 511. The molecule has 0 aliphatic carbocycles. The van der Waals surface area contributed by atoms with Crippen LogP contribution in [0.25, 0.3) is 11.0 Å². The smallest absolute Gasteiger partial charge is 0.106 e. The van der Waals surface area contributed by atoms with Crippen LogP contribution in [0.2, 0.25) is 0 Å². The van der Waals surface area contributed by atoms with E-state index in [1.165, 1.54) is 36.2 Å². The number of H-pyrrole nitrogens is 1. The maximum absolute atomic E-state index is 4.64.